The number of amides is 1. The highest BCUT2D eigenvalue weighted by Crippen LogP contribution is 2.64. The average Bonchev–Trinajstić information content (AvgIpc) is 2.94. The van der Waals surface area contributed by atoms with Crippen molar-refractivity contribution in [3.63, 3.8) is 0 Å². The van der Waals surface area contributed by atoms with Crippen LogP contribution < -0.4 is 0 Å². The molecule has 0 N–H and O–H groups in total. The third kappa shape index (κ3) is 3.35. The Kier molecular flexibility index (Phi) is 4.73. The zero-order valence-corrected chi connectivity index (χ0v) is 16.4. The molecule has 2 atom stereocenters. The molecule has 1 aliphatic rings. The molecular formula is C17H18Cl2N2O3S. The van der Waals surface area contributed by atoms with Crippen LogP contribution in [-0.2, 0) is 14.3 Å². The van der Waals surface area contributed by atoms with E-state index in [2.05, 4.69) is 4.98 Å². The van der Waals surface area contributed by atoms with Crippen LogP contribution in [0.5, 0.6) is 0 Å². The highest BCUT2D eigenvalue weighted by Gasteiger charge is 2.69. The fraction of sp³-hybridized carbons (Fsp3) is 0.471. The molecule has 0 bridgehead atoms. The van der Waals surface area contributed by atoms with Crippen molar-refractivity contribution in [1.29, 1.82) is 0 Å². The van der Waals surface area contributed by atoms with E-state index < -0.39 is 15.7 Å². The van der Waals surface area contributed by atoms with Crippen molar-refractivity contribution in [2.45, 2.75) is 30.6 Å². The van der Waals surface area contributed by atoms with Gasteiger partial charge in [0.1, 0.15) is 14.8 Å². The number of nitrogens with zero attached hydrogens (tertiary/aromatic N) is 2. The molecule has 0 radical (unpaired) electrons. The number of alkyl halides is 2. The first-order chi connectivity index (χ1) is 11.7. The number of esters is 1. The summed E-state index contributed by atoms with van der Waals surface area (Å²) in [6, 6.07) is 7.59. The van der Waals surface area contributed by atoms with E-state index in [0.29, 0.717) is 6.42 Å². The molecule has 0 saturated heterocycles. The Morgan fingerprint density at radius 3 is 2.64 bits per heavy atom. The van der Waals surface area contributed by atoms with Crippen LogP contribution in [0.2, 0.25) is 0 Å². The Labute approximate surface area is 159 Å². The van der Waals surface area contributed by atoms with E-state index in [1.54, 1.807) is 25.3 Å². The maximum atomic E-state index is 12.3. The summed E-state index contributed by atoms with van der Waals surface area (Å²) < 4.78 is 5.08. The number of ether oxygens (including phenoxy) is 1. The summed E-state index contributed by atoms with van der Waals surface area (Å²) in [5.74, 6) is -0.856. The predicted molar refractivity (Wildman–Crippen MR) is 98.9 cm³/mol. The number of likely N-dealkylation sites (N-methyl/N-ethyl adjacent to an activating group) is 1. The number of para-hydroxylation sites is 1. The number of carbonyl (C=O) groups is 2. The van der Waals surface area contributed by atoms with Gasteiger partial charge in [-0.1, -0.05) is 12.1 Å². The van der Waals surface area contributed by atoms with E-state index in [1.807, 2.05) is 31.2 Å². The molecule has 0 spiro atoms. The second-order valence-corrected chi connectivity index (χ2v) is 9.04. The molecule has 0 aliphatic heterocycles. The van der Waals surface area contributed by atoms with Crippen molar-refractivity contribution in [2.24, 2.45) is 5.41 Å². The smallest absolute Gasteiger partial charge is 0.315 e. The first kappa shape index (κ1) is 18.4. The van der Waals surface area contributed by atoms with Gasteiger partial charge in [-0.2, -0.15) is 0 Å². The molecule has 8 heteroatoms. The van der Waals surface area contributed by atoms with Crippen molar-refractivity contribution in [3.05, 3.63) is 29.3 Å². The van der Waals surface area contributed by atoms with E-state index in [-0.39, 0.29) is 18.6 Å². The lowest BCUT2D eigenvalue weighted by molar-refractivity contribution is -0.156. The van der Waals surface area contributed by atoms with E-state index in [0.717, 1.165) is 15.2 Å². The number of aromatic nitrogens is 1. The minimum absolute atomic E-state index is 0.222. The second-order valence-electron chi connectivity index (χ2n) is 6.49. The molecule has 1 aromatic carbocycles. The van der Waals surface area contributed by atoms with Crippen LogP contribution in [0, 0.1) is 5.41 Å². The quantitative estimate of drug-likeness (QED) is 0.563. The standard InChI is InChI=1S/C17H18Cl2N2O3S/c1-10(14-20-11-6-4-5-7-12(11)25-14)21(3)13(22)8-24-15(23)16(2)9-17(16,18)19/h4-7,10H,8-9H2,1-3H3/t10-,16+/m0/s1. The number of fused-ring (bicyclic) bond motifs is 1. The van der Waals surface area contributed by atoms with Gasteiger partial charge in [0.15, 0.2) is 6.61 Å². The third-order valence-electron chi connectivity index (χ3n) is 4.68. The SMILES string of the molecule is C[C@@H](c1nc2ccccc2s1)N(C)C(=O)COC(=O)[C@@]1(C)CC1(Cl)Cl. The molecule has 1 amide bonds. The first-order valence-electron chi connectivity index (χ1n) is 7.82. The topological polar surface area (TPSA) is 59.5 Å². The summed E-state index contributed by atoms with van der Waals surface area (Å²) in [6.45, 7) is 3.18. The largest absolute Gasteiger partial charge is 0.455 e. The van der Waals surface area contributed by atoms with Gasteiger partial charge in [-0.3, -0.25) is 9.59 Å². The van der Waals surface area contributed by atoms with Gasteiger partial charge in [0.2, 0.25) is 0 Å². The molecule has 1 aliphatic carbocycles. The third-order valence-corrected chi connectivity index (χ3v) is 6.99. The molecule has 1 fully saturated rings. The highest BCUT2D eigenvalue weighted by atomic mass is 35.5. The Morgan fingerprint density at radius 1 is 1.40 bits per heavy atom. The van der Waals surface area contributed by atoms with Crippen molar-refractivity contribution >= 4 is 56.6 Å². The number of hydrogen-bond donors (Lipinski definition) is 0. The lowest BCUT2D eigenvalue weighted by Gasteiger charge is -2.23. The molecule has 1 aromatic heterocycles. The van der Waals surface area contributed by atoms with Crippen LogP contribution in [0.3, 0.4) is 0 Å². The number of benzene rings is 1. The highest BCUT2D eigenvalue weighted by molar-refractivity contribution is 7.18. The minimum Gasteiger partial charge on any atom is -0.455 e. The van der Waals surface area contributed by atoms with Crippen molar-refractivity contribution in [1.82, 2.24) is 9.88 Å². The van der Waals surface area contributed by atoms with Gasteiger partial charge in [0.05, 0.1) is 16.3 Å². The van der Waals surface area contributed by atoms with Gasteiger partial charge in [-0.25, -0.2) is 4.98 Å². The zero-order valence-electron chi connectivity index (χ0n) is 14.1. The van der Waals surface area contributed by atoms with Crippen LogP contribution in [0.4, 0.5) is 0 Å². The predicted octanol–water partition coefficient (Wildman–Crippen LogP) is 3.94. The van der Waals surface area contributed by atoms with Gasteiger partial charge < -0.3 is 9.64 Å². The number of carbonyl (C=O) groups excluding carboxylic acids is 2. The van der Waals surface area contributed by atoms with Crippen LogP contribution >= 0.6 is 34.5 Å². The molecule has 5 nitrogen and oxygen atoms in total. The Bertz CT molecular complexity index is 805. The summed E-state index contributed by atoms with van der Waals surface area (Å²) in [4.78, 5) is 30.5. The zero-order chi connectivity index (χ0) is 18.4. The van der Waals surface area contributed by atoms with Gasteiger partial charge in [-0.15, -0.1) is 34.5 Å². The summed E-state index contributed by atoms with van der Waals surface area (Å²) in [7, 11) is 1.67. The molecule has 1 heterocycles. The fourth-order valence-electron chi connectivity index (χ4n) is 2.46. The molecule has 25 heavy (non-hydrogen) atoms. The Hall–Kier alpha value is -1.37. The van der Waals surface area contributed by atoms with E-state index >= 15 is 0 Å². The Morgan fingerprint density at radius 2 is 2.04 bits per heavy atom. The number of hydrogen-bond acceptors (Lipinski definition) is 5. The van der Waals surface area contributed by atoms with Gasteiger partial charge in [-0.05, 0) is 26.0 Å². The maximum Gasteiger partial charge on any atom is 0.315 e. The van der Waals surface area contributed by atoms with Crippen LogP contribution in [0.25, 0.3) is 10.2 Å². The fourth-order valence-corrected chi connectivity index (χ4v) is 4.21. The second kappa shape index (κ2) is 6.41. The summed E-state index contributed by atoms with van der Waals surface area (Å²) >= 11 is 13.4. The maximum absolute atomic E-state index is 12.3. The number of thiazole rings is 1. The van der Waals surface area contributed by atoms with Crippen LogP contribution in [-0.4, -0.2) is 39.7 Å². The molecule has 134 valence electrons. The van der Waals surface area contributed by atoms with Gasteiger partial charge >= 0.3 is 5.97 Å². The minimum atomic E-state index is -1.10. The summed E-state index contributed by atoms with van der Waals surface area (Å²) in [6.07, 6.45) is 0.327. The molecule has 0 unspecified atom stereocenters. The van der Waals surface area contributed by atoms with Crippen LogP contribution in [0.1, 0.15) is 31.3 Å². The van der Waals surface area contributed by atoms with E-state index in [4.69, 9.17) is 27.9 Å². The first-order valence-corrected chi connectivity index (χ1v) is 9.39. The van der Waals surface area contributed by atoms with Crippen molar-refractivity contribution in [3.8, 4) is 0 Å². The molecule has 3 rings (SSSR count). The molecular weight excluding hydrogens is 383 g/mol. The Balaban J connectivity index is 1.61. The van der Waals surface area contributed by atoms with E-state index in [9.17, 15) is 9.59 Å². The lowest BCUT2D eigenvalue weighted by atomic mass is 10.1. The van der Waals surface area contributed by atoms with E-state index in [1.165, 1.54) is 4.90 Å². The summed E-state index contributed by atoms with van der Waals surface area (Å²) in [5.41, 5.74) is -0.0306. The molecule has 2 aromatic rings. The normalized spacial score (nSPS) is 22.4. The monoisotopic (exact) mass is 400 g/mol. The van der Waals surface area contributed by atoms with Crippen molar-refractivity contribution in [2.75, 3.05) is 13.7 Å². The van der Waals surface area contributed by atoms with Crippen LogP contribution in [0.15, 0.2) is 24.3 Å². The lowest BCUT2D eigenvalue weighted by Crippen LogP contribution is -2.34. The summed E-state index contributed by atoms with van der Waals surface area (Å²) in [5, 5.41) is 0.832. The number of halogens is 2. The average molecular weight is 401 g/mol. The van der Waals surface area contributed by atoms with Crippen molar-refractivity contribution < 1.29 is 14.3 Å². The van der Waals surface area contributed by atoms with Gasteiger partial charge in [0.25, 0.3) is 5.91 Å². The number of rotatable bonds is 5. The molecule has 1 saturated carbocycles. The van der Waals surface area contributed by atoms with Gasteiger partial charge in [0, 0.05) is 13.5 Å².